The number of nitrogens with one attached hydrogen (secondary N) is 6. The molecule has 44 heavy (non-hydrogen) atoms. The number of H-pyrrole nitrogens is 1. The van der Waals surface area contributed by atoms with Crippen molar-refractivity contribution in [1.82, 2.24) is 36.6 Å². The van der Waals surface area contributed by atoms with Crippen molar-refractivity contribution >= 4 is 41.5 Å². The van der Waals surface area contributed by atoms with Gasteiger partial charge in [0.25, 0.3) is 0 Å². The Balaban J connectivity index is 3.02. The van der Waals surface area contributed by atoms with E-state index in [1.165, 1.54) is 26.4 Å². The van der Waals surface area contributed by atoms with Crippen LogP contribution in [0, 0.1) is 11.8 Å². The number of carbonyl (C=O) groups excluding carboxylic acids is 5. The van der Waals surface area contributed by atoms with E-state index in [0.717, 1.165) is 0 Å². The molecular weight excluding hydrogens is 580 g/mol. The molecule has 0 aliphatic carbocycles. The minimum atomic E-state index is -1.64. The lowest BCUT2D eigenvalue weighted by molar-refractivity contribution is -0.145. The Morgan fingerprint density at radius 2 is 1.36 bits per heavy atom. The molecule has 0 spiro atoms. The van der Waals surface area contributed by atoms with Gasteiger partial charge in [0.15, 0.2) is 0 Å². The number of nitrogens with two attached hydrogens (primary N) is 1. The van der Waals surface area contributed by atoms with Gasteiger partial charge in [-0.2, -0.15) is 0 Å². The van der Waals surface area contributed by atoms with Crippen LogP contribution < -0.4 is 32.3 Å². The van der Waals surface area contributed by atoms with Crippen molar-refractivity contribution in [3.8, 4) is 0 Å². The lowest BCUT2D eigenvalue weighted by atomic mass is 9.98. The van der Waals surface area contributed by atoms with Gasteiger partial charge in [-0.3, -0.25) is 28.8 Å². The first-order valence-corrected chi connectivity index (χ1v) is 14.2. The number of carboxylic acids is 2. The van der Waals surface area contributed by atoms with E-state index in [1.807, 2.05) is 0 Å². The molecule has 5 amide bonds. The van der Waals surface area contributed by atoms with E-state index in [1.54, 1.807) is 27.7 Å². The van der Waals surface area contributed by atoms with E-state index < -0.39 is 96.0 Å². The summed E-state index contributed by atoms with van der Waals surface area (Å²) in [7, 11) is 0. The molecule has 0 unspecified atom stereocenters. The van der Waals surface area contributed by atoms with Gasteiger partial charge in [-0.1, -0.05) is 34.1 Å². The van der Waals surface area contributed by atoms with Gasteiger partial charge in [-0.25, -0.2) is 9.78 Å². The molecule has 7 atom stereocenters. The van der Waals surface area contributed by atoms with Crippen molar-refractivity contribution in [3.63, 3.8) is 0 Å². The lowest BCUT2D eigenvalue weighted by Crippen LogP contribution is -2.60. The fourth-order valence-corrected chi connectivity index (χ4v) is 3.90. The Kier molecular flexibility index (Phi) is 14.9. The van der Waals surface area contributed by atoms with Crippen LogP contribution in [0.15, 0.2) is 12.5 Å². The molecule has 0 aliphatic heterocycles. The summed E-state index contributed by atoms with van der Waals surface area (Å²) in [6.07, 6.45) is 2.44. The van der Waals surface area contributed by atoms with Gasteiger partial charge in [-0.15, -0.1) is 0 Å². The third-order valence-corrected chi connectivity index (χ3v) is 6.81. The number of hydrogen-bond donors (Lipinski definition) is 9. The Bertz CT molecular complexity index is 1170. The van der Waals surface area contributed by atoms with Gasteiger partial charge in [0, 0.05) is 18.3 Å². The van der Waals surface area contributed by atoms with Gasteiger partial charge in [-0.05, 0) is 25.7 Å². The highest BCUT2D eigenvalue weighted by Crippen LogP contribution is 2.10. The molecule has 17 heteroatoms. The van der Waals surface area contributed by atoms with Gasteiger partial charge in [0.2, 0.25) is 29.5 Å². The minimum absolute atomic E-state index is 0.0163. The molecule has 0 aromatic carbocycles. The van der Waals surface area contributed by atoms with E-state index in [-0.39, 0.29) is 6.42 Å². The molecule has 0 fully saturated rings. The maximum Gasteiger partial charge on any atom is 0.326 e. The summed E-state index contributed by atoms with van der Waals surface area (Å²) < 4.78 is 0. The average Bonchev–Trinajstić information content (AvgIpc) is 3.45. The molecule has 1 rings (SSSR count). The summed E-state index contributed by atoms with van der Waals surface area (Å²) in [6.45, 7) is 9.29. The fraction of sp³-hybridized carbons (Fsp3) is 0.630. The SMILES string of the molecule is CC[C@H](C)[C@H](NC(=O)[C@H](CC(=O)O)NC(=O)[C@@H](NC(=O)[C@H](C)NC(=O)[C@H](Cc1cnc[nH]1)NC(=O)[C@H](C)N)C(C)C)C(=O)O. The smallest absolute Gasteiger partial charge is 0.326 e. The Hall–Kier alpha value is -4.54. The summed E-state index contributed by atoms with van der Waals surface area (Å²) in [6, 6.07) is -7.45. The van der Waals surface area contributed by atoms with Crippen LogP contribution in [-0.4, -0.2) is 97.9 Å². The van der Waals surface area contributed by atoms with Gasteiger partial charge in [0.05, 0.1) is 18.8 Å². The first-order chi connectivity index (χ1) is 20.5. The second-order valence-electron chi connectivity index (χ2n) is 11.0. The molecular formula is C27H44N8O9. The molecule has 0 bridgehead atoms. The van der Waals surface area contributed by atoms with Crippen LogP contribution in [0.3, 0.4) is 0 Å². The molecule has 1 aromatic heterocycles. The molecule has 10 N–H and O–H groups in total. The summed E-state index contributed by atoms with van der Waals surface area (Å²) in [5.41, 5.74) is 6.14. The average molecular weight is 625 g/mol. The van der Waals surface area contributed by atoms with Gasteiger partial charge < -0.3 is 47.5 Å². The van der Waals surface area contributed by atoms with Crippen molar-refractivity contribution in [2.45, 2.75) is 97.1 Å². The van der Waals surface area contributed by atoms with Crippen molar-refractivity contribution in [2.24, 2.45) is 17.6 Å². The van der Waals surface area contributed by atoms with Crippen LogP contribution in [-0.2, 0) is 40.0 Å². The number of carbonyl (C=O) groups is 7. The summed E-state index contributed by atoms with van der Waals surface area (Å²) in [5.74, 6) is -7.79. The molecule has 0 saturated heterocycles. The second-order valence-corrected chi connectivity index (χ2v) is 11.0. The van der Waals surface area contributed by atoms with Crippen molar-refractivity contribution in [2.75, 3.05) is 0 Å². The van der Waals surface area contributed by atoms with Crippen molar-refractivity contribution in [1.29, 1.82) is 0 Å². The third-order valence-electron chi connectivity index (χ3n) is 6.81. The molecule has 0 saturated carbocycles. The predicted octanol–water partition coefficient (Wildman–Crippen LogP) is -2.00. The topological polar surface area (TPSA) is 275 Å². The quantitative estimate of drug-likeness (QED) is 0.0862. The van der Waals surface area contributed by atoms with E-state index in [9.17, 15) is 43.8 Å². The van der Waals surface area contributed by atoms with Crippen LogP contribution >= 0.6 is 0 Å². The van der Waals surface area contributed by atoms with Crippen LogP contribution in [0.5, 0.6) is 0 Å². The highest BCUT2D eigenvalue weighted by atomic mass is 16.4. The molecule has 1 heterocycles. The second kappa shape index (κ2) is 17.5. The zero-order chi connectivity index (χ0) is 33.7. The molecule has 0 radical (unpaired) electrons. The normalized spacial score (nSPS) is 15.8. The predicted molar refractivity (Wildman–Crippen MR) is 155 cm³/mol. The third kappa shape index (κ3) is 12.0. The van der Waals surface area contributed by atoms with E-state index in [4.69, 9.17) is 5.73 Å². The number of aromatic nitrogens is 2. The molecule has 1 aromatic rings. The maximum absolute atomic E-state index is 13.2. The highest BCUT2D eigenvalue weighted by Gasteiger charge is 2.34. The number of hydrogen-bond acceptors (Lipinski definition) is 9. The van der Waals surface area contributed by atoms with E-state index in [2.05, 4.69) is 36.6 Å². The summed E-state index contributed by atoms with van der Waals surface area (Å²) >= 11 is 0. The van der Waals surface area contributed by atoms with E-state index in [0.29, 0.717) is 12.1 Å². The maximum atomic E-state index is 13.2. The molecule has 17 nitrogen and oxygen atoms in total. The van der Waals surface area contributed by atoms with E-state index >= 15 is 0 Å². The Labute approximate surface area is 254 Å². The number of amides is 5. The molecule has 0 aliphatic rings. The van der Waals surface area contributed by atoms with Crippen molar-refractivity contribution < 1.29 is 43.8 Å². The lowest BCUT2D eigenvalue weighted by Gasteiger charge is -2.28. The number of imidazole rings is 1. The number of aliphatic carboxylic acids is 2. The number of nitrogens with zero attached hydrogens (tertiary/aromatic N) is 1. The van der Waals surface area contributed by atoms with Gasteiger partial charge in [0.1, 0.15) is 30.2 Å². The van der Waals surface area contributed by atoms with Gasteiger partial charge >= 0.3 is 11.9 Å². The summed E-state index contributed by atoms with van der Waals surface area (Å²) in [4.78, 5) is 94.0. The monoisotopic (exact) mass is 624 g/mol. The Morgan fingerprint density at radius 3 is 1.84 bits per heavy atom. The number of aromatic amines is 1. The first-order valence-electron chi connectivity index (χ1n) is 14.2. The first kappa shape index (κ1) is 37.5. The van der Waals surface area contributed by atoms with Crippen LogP contribution in [0.25, 0.3) is 0 Å². The summed E-state index contributed by atoms with van der Waals surface area (Å²) in [5, 5.41) is 30.8. The van der Waals surface area contributed by atoms with Crippen LogP contribution in [0.4, 0.5) is 0 Å². The van der Waals surface area contributed by atoms with Crippen molar-refractivity contribution in [3.05, 3.63) is 18.2 Å². The largest absolute Gasteiger partial charge is 0.481 e. The fourth-order valence-electron chi connectivity index (χ4n) is 3.90. The minimum Gasteiger partial charge on any atom is -0.481 e. The standard InChI is InChI=1S/C27H44N8O9/c1-7-13(4)21(27(43)44)35-25(41)18(9-19(36)37)33-26(42)20(12(2)3)34-23(39)15(6)31-24(40)17(32-22(38)14(5)28)8-16-10-29-11-30-16/h10-15,17-18,20-21H,7-9,28H2,1-6H3,(H,29,30)(H,31,40)(H,32,38)(H,33,42)(H,34,39)(H,35,41)(H,36,37)(H,43,44)/t13-,14-,15-,17-,18-,20-,21-/m0/s1. The van der Waals surface area contributed by atoms with Crippen LogP contribution in [0.2, 0.25) is 0 Å². The number of carboxylic acid groups (broad SMARTS) is 2. The number of rotatable bonds is 18. The zero-order valence-electron chi connectivity index (χ0n) is 25.7. The molecule has 246 valence electrons. The zero-order valence-corrected chi connectivity index (χ0v) is 25.7. The Morgan fingerprint density at radius 1 is 0.795 bits per heavy atom. The highest BCUT2D eigenvalue weighted by molar-refractivity contribution is 5.97. The van der Waals surface area contributed by atoms with Crippen LogP contribution in [0.1, 0.15) is 60.1 Å².